The molecule has 0 saturated carbocycles. The lowest BCUT2D eigenvalue weighted by atomic mass is 9.97. The first-order valence-corrected chi connectivity index (χ1v) is 15.8. The van der Waals surface area contributed by atoms with Crippen molar-refractivity contribution in [1.82, 2.24) is 0 Å². The summed E-state index contributed by atoms with van der Waals surface area (Å²) >= 11 is 0. The van der Waals surface area contributed by atoms with Gasteiger partial charge in [-0.2, -0.15) is 0 Å². The van der Waals surface area contributed by atoms with Gasteiger partial charge in [-0.25, -0.2) is 0 Å². The predicted molar refractivity (Wildman–Crippen MR) is 176 cm³/mol. The van der Waals surface area contributed by atoms with Crippen LogP contribution in [-0.4, -0.2) is 42.4 Å². The maximum atomic E-state index is 11.6. The summed E-state index contributed by atoms with van der Waals surface area (Å²) in [4.78, 5) is 0. The largest absolute Gasteiger partial charge is 0.374 e. The Morgan fingerprint density at radius 1 is 0.500 bits per heavy atom. The van der Waals surface area contributed by atoms with E-state index in [2.05, 4.69) is 24.3 Å². The Morgan fingerprint density at radius 3 is 1.50 bits per heavy atom. The fourth-order valence-electron chi connectivity index (χ4n) is 6.38. The molecule has 5 aromatic rings. The number of ether oxygens (including phenoxy) is 5. The Kier molecular flexibility index (Phi) is 9.63. The Hall–Kier alpha value is -4.14. The van der Waals surface area contributed by atoms with Crippen LogP contribution in [0.2, 0.25) is 0 Å². The summed E-state index contributed by atoms with van der Waals surface area (Å²) in [5.74, 6) is 0. The van der Waals surface area contributed by atoms with Crippen LogP contribution in [0.4, 0.5) is 0 Å². The highest BCUT2D eigenvalue weighted by molar-refractivity contribution is 5.78. The normalized spacial score (nSPS) is 22.3. The second-order valence-electron chi connectivity index (χ2n) is 11.7. The second-order valence-corrected chi connectivity index (χ2v) is 11.7. The molecule has 7 rings (SSSR count). The second kappa shape index (κ2) is 14.5. The van der Waals surface area contributed by atoms with Crippen LogP contribution in [0.25, 0.3) is 11.1 Å². The summed E-state index contributed by atoms with van der Waals surface area (Å²) in [6.45, 7) is 1.28. The summed E-state index contributed by atoms with van der Waals surface area (Å²) < 4.78 is 32.7. The van der Waals surface area contributed by atoms with Gasteiger partial charge in [0.05, 0.1) is 26.4 Å². The van der Waals surface area contributed by atoms with Gasteiger partial charge in [-0.15, -0.1) is 0 Å². The zero-order valence-corrected chi connectivity index (χ0v) is 25.6. The Labute approximate surface area is 270 Å². The highest BCUT2D eigenvalue weighted by Gasteiger charge is 2.49. The van der Waals surface area contributed by atoms with E-state index in [0.29, 0.717) is 19.8 Å². The van der Waals surface area contributed by atoms with Crippen molar-refractivity contribution in [3.05, 3.63) is 167 Å². The molecule has 0 radical (unpaired) electrons. The van der Waals surface area contributed by atoms with Crippen LogP contribution in [0, 0.1) is 0 Å². The van der Waals surface area contributed by atoms with E-state index in [1.165, 1.54) is 0 Å². The van der Waals surface area contributed by atoms with Gasteiger partial charge in [0.15, 0.2) is 6.29 Å². The molecule has 234 valence electrons. The average molecular weight is 615 g/mol. The lowest BCUT2D eigenvalue weighted by Crippen LogP contribution is -2.61. The molecule has 5 aromatic carbocycles. The fraction of sp³-hybridized carbons (Fsp3) is 0.250. The summed E-state index contributed by atoms with van der Waals surface area (Å²) in [5, 5.41) is 11.6. The highest BCUT2D eigenvalue weighted by atomic mass is 16.7. The lowest BCUT2D eigenvalue weighted by Gasteiger charge is -2.45. The van der Waals surface area contributed by atoms with E-state index in [4.69, 9.17) is 23.7 Å². The maximum absolute atomic E-state index is 11.6. The third kappa shape index (κ3) is 6.83. The quantitative estimate of drug-likeness (QED) is 0.160. The van der Waals surface area contributed by atoms with Gasteiger partial charge in [0.1, 0.15) is 30.5 Å². The van der Waals surface area contributed by atoms with Crippen LogP contribution in [0.5, 0.6) is 0 Å². The van der Waals surface area contributed by atoms with Crippen molar-refractivity contribution in [3.8, 4) is 11.1 Å². The molecule has 1 saturated heterocycles. The Bertz CT molecular complexity index is 1630. The van der Waals surface area contributed by atoms with Crippen LogP contribution < -0.4 is 0 Å². The predicted octanol–water partition coefficient (Wildman–Crippen LogP) is 7.25. The van der Waals surface area contributed by atoms with Crippen LogP contribution in [0.1, 0.15) is 33.9 Å². The standard InChI is InChI=1S/C40H38O6/c41-40-39(46-36-33-22-12-10-20-31(33)32-21-11-13-23-34(32)36)38(44-26-30-18-8-3-9-19-30)37(43-25-29-16-6-2-7-17-29)35(45-40)27-42-24-28-14-4-1-5-15-28/h1-23,35-41H,24-27H2/t35-,37-,38+,39-,40?/m1/s1. The maximum Gasteiger partial charge on any atom is 0.184 e. The van der Waals surface area contributed by atoms with Crippen molar-refractivity contribution < 1.29 is 28.8 Å². The van der Waals surface area contributed by atoms with E-state index < -0.39 is 36.8 Å². The van der Waals surface area contributed by atoms with Crippen molar-refractivity contribution >= 4 is 0 Å². The minimum absolute atomic E-state index is 0.207. The van der Waals surface area contributed by atoms with Crippen molar-refractivity contribution in [1.29, 1.82) is 0 Å². The lowest BCUT2D eigenvalue weighted by molar-refractivity contribution is -0.320. The van der Waals surface area contributed by atoms with E-state index in [1.54, 1.807) is 0 Å². The Balaban J connectivity index is 1.19. The zero-order chi connectivity index (χ0) is 31.1. The molecular formula is C40H38O6. The molecule has 1 aliphatic carbocycles. The molecule has 2 aliphatic rings. The third-order valence-electron chi connectivity index (χ3n) is 8.64. The van der Waals surface area contributed by atoms with Gasteiger partial charge in [0, 0.05) is 0 Å². The van der Waals surface area contributed by atoms with E-state index in [0.717, 1.165) is 38.9 Å². The summed E-state index contributed by atoms with van der Waals surface area (Å²) in [6, 6.07) is 46.5. The number of fused-ring (bicyclic) bond motifs is 3. The van der Waals surface area contributed by atoms with Gasteiger partial charge in [-0.1, -0.05) is 140 Å². The zero-order valence-electron chi connectivity index (χ0n) is 25.6. The van der Waals surface area contributed by atoms with E-state index in [9.17, 15) is 5.11 Å². The third-order valence-corrected chi connectivity index (χ3v) is 8.64. The summed E-state index contributed by atoms with van der Waals surface area (Å²) in [7, 11) is 0. The van der Waals surface area contributed by atoms with Gasteiger partial charge in [0.25, 0.3) is 0 Å². The van der Waals surface area contributed by atoms with E-state index in [1.807, 2.05) is 115 Å². The number of hydrogen-bond acceptors (Lipinski definition) is 6. The molecule has 0 aromatic heterocycles. The van der Waals surface area contributed by atoms with Crippen molar-refractivity contribution in [2.45, 2.75) is 56.6 Å². The Morgan fingerprint density at radius 2 is 0.957 bits per heavy atom. The van der Waals surface area contributed by atoms with Crippen LogP contribution >= 0.6 is 0 Å². The number of aliphatic hydroxyl groups excluding tert-OH is 1. The molecule has 0 spiro atoms. The van der Waals surface area contributed by atoms with Gasteiger partial charge >= 0.3 is 0 Å². The molecule has 1 heterocycles. The van der Waals surface area contributed by atoms with Crippen LogP contribution in [0.15, 0.2) is 140 Å². The molecule has 1 N–H and O–H groups in total. The summed E-state index contributed by atoms with van der Waals surface area (Å²) in [5.41, 5.74) is 7.44. The molecule has 0 amide bonds. The molecule has 5 atom stereocenters. The van der Waals surface area contributed by atoms with Gasteiger partial charge in [0.2, 0.25) is 0 Å². The van der Waals surface area contributed by atoms with Gasteiger partial charge in [-0.3, -0.25) is 0 Å². The first-order valence-electron chi connectivity index (χ1n) is 15.8. The molecule has 6 nitrogen and oxygen atoms in total. The number of aliphatic hydroxyl groups is 1. The van der Waals surface area contributed by atoms with Gasteiger partial charge in [-0.05, 0) is 38.9 Å². The molecule has 1 fully saturated rings. The molecule has 1 aliphatic heterocycles. The number of rotatable bonds is 12. The van der Waals surface area contributed by atoms with Gasteiger partial charge < -0.3 is 28.8 Å². The minimum atomic E-state index is -1.28. The van der Waals surface area contributed by atoms with Crippen LogP contribution in [0.3, 0.4) is 0 Å². The minimum Gasteiger partial charge on any atom is -0.374 e. The van der Waals surface area contributed by atoms with Crippen molar-refractivity contribution in [2.24, 2.45) is 0 Å². The van der Waals surface area contributed by atoms with E-state index >= 15 is 0 Å². The first-order chi connectivity index (χ1) is 22.7. The van der Waals surface area contributed by atoms with E-state index in [-0.39, 0.29) is 6.61 Å². The monoisotopic (exact) mass is 614 g/mol. The first kappa shape index (κ1) is 30.5. The SMILES string of the molecule is OC1O[C@H](COCc2ccccc2)[C@@H](OCc2ccccc2)[C@H](OCc2ccccc2)[C@H]1OC1c2ccccc2-c2ccccc21. The summed E-state index contributed by atoms with van der Waals surface area (Å²) in [6.07, 6.45) is -4.40. The highest BCUT2D eigenvalue weighted by Crippen LogP contribution is 2.46. The molecule has 6 heteroatoms. The molecule has 1 unspecified atom stereocenters. The number of benzene rings is 5. The van der Waals surface area contributed by atoms with Crippen LogP contribution in [-0.2, 0) is 43.5 Å². The smallest absolute Gasteiger partial charge is 0.184 e. The van der Waals surface area contributed by atoms with Crippen molar-refractivity contribution in [3.63, 3.8) is 0 Å². The number of hydrogen-bond donors (Lipinski definition) is 1. The average Bonchev–Trinajstić information content (AvgIpc) is 3.42. The molecular weight excluding hydrogens is 576 g/mol. The fourth-order valence-corrected chi connectivity index (χ4v) is 6.38. The van der Waals surface area contributed by atoms with Crippen molar-refractivity contribution in [2.75, 3.05) is 6.61 Å². The molecule has 46 heavy (non-hydrogen) atoms. The topological polar surface area (TPSA) is 66.4 Å². The molecule has 0 bridgehead atoms.